The third-order valence-corrected chi connectivity index (χ3v) is 5.58. The van der Waals surface area contributed by atoms with Gasteiger partial charge in [0.05, 0.1) is 23.7 Å². The van der Waals surface area contributed by atoms with E-state index in [2.05, 4.69) is 0 Å². The van der Waals surface area contributed by atoms with Gasteiger partial charge in [-0.2, -0.15) is 0 Å². The highest BCUT2D eigenvalue weighted by Crippen LogP contribution is 2.29. The Morgan fingerprint density at radius 1 is 1.04 bits per heavy atom. The summed E-state index contributed by atoms with van der Waals surface area (Å²) in [5.74, 6) is 1.43. The van der Waals surface area contributed by atoms with E-state index in [1.165, 1.54) is 11.8 Å². The minimum Gasteiger partial charge on any atom is -0.496 e. The number of aromatic nitrogens is 2. The van der Waals surface area contributed by atoms with Gasteiger partial charge in [0.15, 0.2) is 5.16 Å². The first kappa shape index (κ1) is 18.6. The van der Waals surface area contributed by atoms with Gasteiger partial charge in [-0.05, 0) is 36.4 Å². The van der Waals surface area contributed by atoms with Crippen molar-refractivity contribution >= 4 is 34.3 Å². The van der Waals surface area contributed by atoms with Gasteiger partial charge in [-0.15, -0.1) is 0 Å². The first-order chi connectivity index (χ1) is 13.7. The molecule has 0 fully saturated rings. The van der Waals surface area contributed by atoms with Gasteiger partial charge in [0.25, 0.3) is 5.56 Å². The zero-order valence-electron chi connectivity index (χ0n) is 15.1. The maximum Gasteiger partial charge on any atom is 0.266 e. The number of methoxy groups -OCH3 is 1. The molecule has 0 saturated heterocycles. The van der Waals surface area contributed by atoms with E-state index in [0.717, 1.165) is 11.3 Å². The topological polar surface area (TPSA) is 44.1 Å². The van der Waals surface area contributed by atoms with Gasteiger partial charge in [-0.3, -0.25) is 9.36 Å². The molecule has 0 N–H and O–H groups in total. The lowest BCUT2D eigenvalue weighted by molar-refractivity contribution is 0.411. The van der Waals surface area contributed by atoms with E-state index in [0.29, 0.717) is 32.5 Å². The third-order valence-electron chi connectivity index (χ3n) is 4.36. The quantitative estimate of drug-likeness (QED) is 0.330. The van der Waals surface area contributed by atoms with Crippen molar-refractivity contribution in [3.8, 4) is 11.4 Å². The third kappa shape index (κ3) is 3.63. The van der Waals surface area contributed by atoms with Crippen LogP contribution in [-0.2, 0) is 5.75 Å². The lowest BCUT2D eigenvalue weighted by Crippen LogP contribution is -2.21. The second-order valence-electron chi connectivity index (χ2n) is 6.13. The monoisotopic (exact) mass is 408 g/mol. The highest BCUT2D eigenvalue weighted by molar-refractivity contribution is 7.98. The molecule has 0 bridgehead atoms. The van der Waals surface area contributed by atoms with E-state index in [1.807, 2.05) is 54.6 Å². The van der Waals surface area contributed by atoms with Crippen LogP contribution in [0.1, 0.15) is 5.56 Å². The van der Waals surface area contributed by atoms with Crippen molar-refractivity contribution < 1.29 is 4.74 Å². The summed E-state index contributed by atoms with van der Waals surface area (Å²) in [5.41, 5.74) is 2.29. The van der Waals surface area contributed by atoms with Crippen LogP contribution in [0.3, 0.4) is 0 Å². The molecule has 0 spiro atoms. The van der Waals surface area contributed by atoms with Crippen molar-refractivity contribution in [1.29, 1.82) is 0 Å². The molecule has 0 aliphatic carbocycles. The molecule has 0 aliphatic heterocycles. The van der Waals surface area contributed by atoms with Crippen LogP contribution in [0.15, 0.2) is 82.7 Å². The van der Waals surface area contributed by atoms with Crippen molar-refractivity contribution in [2.75, 3.05) is 7.11 Å². The van der Waals surface area contributed by atoms with Crippen LogP contribution >= 0.6 is 23.4 Å². The first-order valence-electron chi connectivity index (χ1n) is 8.70. The van der Waals surface area contributed by atoms with E-state index in [9.17, 15) is 4.79 Å². The number of hydrogen-bond donors (Lipinski definition) is 0. The van der Waals surface area contributed by atoms with Crippen molar-refractivity contribution in [3.63, 3.8) is 0 Å². The largest absolute Gasteiger partial charge is 0.496 e. The van der Waals surface area contributed by atoms with E-state index < -0.39 is 0 Å². The lowest BCUT2D eigenvalue weighted by Gasteiger charge is -2.14. The van der Waals surface area contributed by atoms with Crippen LogP contribution < -0.4 is 10.3 Å². The molecule has 0 aliphatic rings. The van der Waals surface area contributed by atoms with Crippen LogP contribution in [0.25, 0.3) is 16.6 Å². The number of para-hydroxylation sites is 2. The Labute approximate surface area is 171 Å². The minimum atomic E-state index is -0.115. The van der Waals surface area contributed by atoms with Gasteiger partial charge in [-0.25, -0.2) is 4.98 Å². The first-order valence-corrected chi connectivity index (χ1v) is 10.1. The molecule has 0 radical (unpaired) electrons. The summed E-state index contributed by atoms with van der Waals surface area (Å²) in [5, 5.41) is 1.75. The molecule has 1 heterocycles. The number of halogens is 1. The van der Waals surface area contributed by atoms with Gasteiger partial charge in [0.2, 0.25) is 0 Å². The normalized spacial score (nSPS) is 10.9. The predicted octanol–water partition coefficient (Wildman–Crippen LogP) is 5.34. The van der Waals surface area contributed by atoms with Crippen molar-refractivity contribution in [1.82, 2.24) is 9.55 Å². The summed E-state index contributed by atoms with van der Waals surface area (Å²) in [6, 6.07) is 22.4. The molecule has 6 heteroatoms. The molecular weight excluding hydrogens is 392 g/mol. The molecule has 0 amide bonds. The molecule has 0 atom stereocenters. The number of rotatable bonds is 5. The second-order valence-corrected chi connectivity index (χ2v) is 7.51. The highest BCUT2D eigenvalue weighted by Gasteiger charge is 2.14. The smallest absolute Gasteiger partial charge is 0.266 e. The minimum absolute atomic E-state index is 0.115. The number of fused-ring (bicyclic) bond motifs is 1. The standard InChI is InChI=1S/C22H17ClN2O2S/c1-27-20-12-5-2-7-15(20)14-28-22-24-19-11-4-3-10-18(19)21(26)25(22)17-9-6-8-16(23)13-17/h2-13H,14H2,1H3. The summed E-state index contributed by atoms with van der Waals surface area (Å²) in [4.78, 5) is 18.0. The fourth-order valence-electron chi connectivity index (χ4n) is 3.02. The van der Waals surface area contributed by atoms with Crippen LogP contribution in [-0.4, -0.2) is 16.7 Å². The fraction of sp³-hybridized carbons (Fsp3) is 0.0909. The molecule has 140 valence electrons. The summed E-state index contributed by atoms with van der Waals surface area (Å²) in [6.07, 6.45) is 0. The van der Waals surface area contributed by atoms with Crippen LogP contribution in [0, 0.1) is 0 Å². The molecular formula is C22H17ClN2O2S. The maximum absolute atomic E-state index is 13.2. The average Bonchev–Trinajstić information content (AvgIpc) is 2.72. The number of thioether (sulfide) groups is 1. The maximum atomic E-state index is 13.2. The van der Waals surface area contributed by atoms with E-state index >= 15 is 0 Å². The number of ether oxygens (including phenoxy) is 1. The lowest BCUT2D eigenvalue weighted by atomic mass is 10.2. The van der Waals surface area contributed by atoms with E-state index in [-0.39, 0.29) is 5.56 Å². The Hall–Kier alpha value is -2.76. The summed E-state index contributed by atoms with van der Waals surface area (Å²) < 4.78 is 7.06. The summed E-state index contributed by atoms with van der Waals surface area (Å²) >= 11 is 7.66. The Bertz CT molecular complexity index is 1210. The Morgan fingerprint density at radius 3 is 2.64 bits per heavy atom. The Balaban J connectivity index is 1.84. The summed E-state index contributed by atoms with van der Waals surface area (Å²) in [6.45, 7) is 0. The number of nitrogens with zero attached hydrogens (tertiary/aromatic N) is 2. The average molecular weight is 409 g/mol. The molecule has 1 aromatic heterocycles. The molecule has 28 heavy (non-hydrogen) atoms. The van der Waals surface area contributed by atoms with Gasteiger partial charge >= 0.3 is 0 Å². The molecule has 4 aromatic rings. The molecule has 0 unspecified atom stereocenters. The second kappa shape index (κ2) is 8.09. The van der Waals surface area contributed by atoms with Crippen molar-refractivity contribution in [2.45, 2.75) is 10.9 Å². The van der Waals surface area contributed by atoms with Crippen LogP contribution in [0.2, 0.25) is 5.02 Å². The fourth-order valence-corrected chi connectivity index (χ4v) is 4.20. The van der Waals surface area contributed by atoms with Crippen LogP contribution in [0.5, 0.6) is 5.75 Å². The molecule has 0 saturated carbocycles. The van der Waals surface area contributed by atoms with E-state index in [1.54, 1.807) is 29.9 Å². The molecule has 4 rings (SSSR count). The Morgan fingerprint density at radius 2 is 1.82 bits per heavy atom. The zero-order chi connectivity index (χ0) is 19.5. The van der Waals surface area contributed by atoms with Crippen molar-refractivity contribution in [2.24, 2.45) is 0 Å². The van der Waals surface area contributed by atoms with Gasteiger partial charge in [-0.1, -0.05) is 59.8 Å². The predicted molar refractivity (Wildman–Crippen MR) is 115 cm³/mol. The SMILES string of the molecule is COc1ccccc1CSc1nc2ccccc2c(=O)n1-c1cccc(Cl)c1. The molecule has 4 nitrogen and oxygen atoms in total. The highest BCUT2D eigenvalue weighted by atomic mass is 35.5. The van der Waals surface area contributed by atoms with Gasteiger partial charge < -0.3 is 4.74 Å². The van der Waals surface area contributed by atoms with E-state index in [4.69, 9.17) is 21.3 Å². The summed E-state index contributed by atoms with van der Waals surface area (Å²) in [7, 11) is 1.65. The number of hydrogen-bond acceptors (Lipinski definition) is 4. The zero-order valence-corrected chi connectivity index (χ0v) is 16.7. The Kier molecular flexibility index (Phi) is 5.37. The van der Waals surface area contributed by atoms with Crippen LogP contribution in [0.4, 0.5) is 0 Å². The number of benzene rings is 3. The van der Waals surface area contributed by atoms with Crippen molar-refractivity contribution in [3.05, 3.63) is 93.7 Å². The molecule has 3 aromatic carbocycles. The van der Waals surface area contributed by atoms with Gasteiger partial charge in [0.1, 0.15) is 5.75 Å². The van der Waals surface area contributed by atoms with Gasteiger partial charge in [0, 0.05) is 16.3 Å².